The lowest BCUT2D eigenvalue weighted by molar-refractivity contribution is -0.137. The van der Waals surface area contributed by atoms with E-state index in [1.807, 2.05) is 49.4 Å². The number of aromatic amines is 1. The zero-order chi connectivity index (χ0) is 31.2. The highest BCUT2D eigenvalue weighted by Crippen LogP contribution is 2.68. The molecule has 230 valence electrons. The topological polar surface area (TPSA) is 79.5 Å². The number of para-hydroxylation sites is 1. The smallest absolute Gasteiger partial charge is 0.418 e. The summed E-state index contributed by atoms with van der Waals surface area (Å²) in [6.07, 6.45) is -4.06. The van der Waals surface area contributed by atoms with E-state index >= 15 is 0 Å². The summed E-state index contributed by atoms with van der Waals surface area (Å²) in [6, 6.07) is 20.7. The normalized spacial score (nSPS) is 28.3. The van der Waals surface area contributed by atoms with E-state index in [0.717, 1.165) is 48.9 Å². The highest BCUT2D eigenvalue weighted by Gasteiger charge is 2.70. The molecular weight excluding hydrogens is 622 g/mol. The van der Waals surface area contributed by atoms with Crippen LogP contribution in [0.15, 0.2) is 82.6 Å². The summed E-state index contributed by atoms with van der Waals surface area (Å²) < 4.78 is 47.8. The number of amides is 2. The van der Waals surface area contributed by atoms with Crippen LogP contribution in [-0.2, 0) is 22.4 Å². The lowest BCUT2D eigenvalue weighted by Crippen LogP contribution is -2.42. The van der Waals surface area contributed by atoms with Crippen molar-refractivity contribution in [1.82, 2.24) is 4.98 Å². The van der Waals surface area contributed by atoms with Gasteiger partial charge in [0.1, 0.15) is 12.4 Å². The van der Waals surface area contributed by atoms with Crippen LogP contribution in [-0.4, -0.2) is 22.0 Å². The Morgan fingerprint density at radius 3 is 2.40 bits per heavy atom. The average Bonchev–Trinajstić information content (AvgIpc) is 3.75. The molecule has 7 atom stereocenters. The molecule has 1 aromatic heterocycles. The van der Waals surface area contributed by atoms with Gasteiger partial charge in [-0.2, -0.15) is 13.2 Å². The van der Waals surface area contributed by atoms with Gasteiger partial charge in [0.25, 0.3) is 0 Å². The number of benzene rings is 3. The molecule has 2 saturated carbocycles. The van der Waals surface area contributed by atoms with Crippen LogP contribution in [0.4, 0.5) is 18.9 Å². The molecule has 0 radical (unpaired) electrons. The standard InChI is InChI=1S/C34H27F3N2O4S2/c1-16-5-4-6-17(13-16)15-43-19-11-9-18(10-12-19)24-25-20-14-21(28(25)44-30-29(24)45-33(42)38-30)27-26(20)31(40)39(32(27)41)23-8-3-2-7-22(23)34(35,36)37/h2-13,20-21,24-28H,14-15H2,1H3,(H,38,42)/t20-,21-,24+,25+,26+,27+,28-/m1/s1. The summed E-state index contributed by atoms with van der Waals surface area (Å²) >= 11 is 2.71. The Hall–Kier alpha value is -3.83. The van der Waals surface area contributed by atoms with Crippen LogP contribution in [0.5, 0.6) is 5.75 Å². The third-order valence-electron chi connectivity index (χ3n) is 9.90. The number of ether oxygens (including phenoxy) is 1. The Bertz CT molecular complexity index is 1900. The molecule has 2 amide bonds. The van der Waals surface area contributed by atoms with Gasteiger partial charge in [-0.3, -0.25) is 14.4 Å². The third kappa shape index (κ3) is 4.49. The summed E-state index contributed by atoms with van der Waals surface area (Å²) in [6.45, 7) is 2.45. The van der Waals surface area contributed by atoms with Crippen LogP contribution in [0, 0.1) is 36.5 Å². The molecule has 0 spiro atoms. The van der Waals surface area contributed by atoms with E-state index in [9.17, 15) is 27.6 Å². The Morgan fingerprint density at radius 1 is 0.933 bits per heavy atom. The number of thioether (sulfide) groups is 1. The molecule has 6 nitrogen and oxygen atoms in total. The van der Waals surface area contributed by atoms with Crippen molar-refractivity contribution in [3.63, 3.8) is 0 Å². The van der Waals surface area contributed by atoms with E-state index in [4.69, 9.17) is 4.74 Å². The van der Waals surface area contributed by atoms with Crippen molar-refractivity contribution in [2.45, 2.75) is 42.3 Å². The summed E-state index contributed by atoms with van der Waals surface area (Å²) in [5.41, 5.74) is 1.80. The quantitative estimate of drug-likeness (QED) is 0.236. The van der Waals surface area contributed by atoms with Crippen molar-refractivity contribution in [2.75, 3.05) is 4.90 Å². The summed E-state index contributed by atoms with van der Waals surface area (Å²) in [7, 11) is 0. The van der Waals surface area contributed by atoms with Crippen LogP contribution >= 0.6 is 23.1 Å². The van der Waals surface area contributed by atoms with E-state index < -0.39 is 41.1 Å². The van der Waals surface area contributed by atoms with Crippen LogP contribution < -0.4 is 14.5 Å². The minimum absolute atomic E-state index is 0.0613. The highest BCUT2D eigenvalue weighted by atomic mass is 32.2. The second-order valence-electron chi connectivity index (χ2n) is 12.3. The van der Waals surface area contributed by atoms with Gasteiger partial charge in [-0.05, 0) is 66.5 Å². The molecule has 1 N–H and O–H groups in total. The largest absolute Gasteiger partial charge is 0.489 e. The van der Waals surface area contributed by atoms with Crippen LogP contribution in [0.25, 0.3) is 0 Å². The summed E-state index contributed by atoms with van der Waals surface area (Å²) in [4.78, 5) is 44.9. The van der Waals surface area contributed by atoms with E-state index in [2.05, 4.69) is 11.1 Å². The molecule has 4 aromatic rings. The lowest BCUT2D eigenvalue weighted by Gasteiger charge is -2.43. The van der Waals surface area contributed by atoms with E-state index in [1.54, 1.807) is 11.8 Å². The second kappa shape index (κ2) is 10.3. The molecule has 0 unspecified atom stereocenters. The minimum Gasteiger partial charge on any atom is -0.489 e. The number of imide groups is 1. The fourth-order valence-electron chi connectivity index (χ4n) is 8.28. The fraction of sp³-hybridized carbons (Fsp3) is 0.324. The second-order valence-corrected chi connectivity index (χ2v) is 14.5. The van der Waals surface area contributed by atoms with Crippen molar-refractivity contribution >= 4 is 40.6 Å². The highest BCUT2D eigenvalue weighted by molar-refractivity contribution is 8.00. The molecule has 45 heavy (non-hydrogen) atoms. The van der Waals surface area contributed by atoms with E-state index in [0.29, 0.717) is 18.8 Å². The molecule has 3 aromatic carbocycles. The maximum atomic E-state index is 13.9. The fourth-order valence-corrected chi connectivity index (χ4v) is 11.2. The van der Waals surface area contributed by atoms with Crippen LogP contribution in [0.1, 0.15) is 39.5 Å². The molecule has 2 aliphatic carbocycles. The number of H-pyrrole nitrogens is 1. The predicted octanol–water partition coefficient (Wildman–Crippen LogP) is 7.02. The zero-order valence-corrected chi connectivity index (χ0v) is 25.5. The number of carbonyl (C=O) groups is 2. The van der Waals surface area contributed by atoms with Crippen molar-refractivity contribution in [2.24, 2.45) is 29.6 Å². The number of thiazole rings is 1. The van der Waals surface area contributed by atoms with Gasteiger partial charge >= 0.3 is 11.0 Å². The Morgan fingerprint density at radius 2 is 1.67 bits per heavy atom. The van der Waals surface area contributed by atoms with E-state index in [1.165, 1.54) is 18.2 Å². The molecule has 1 saturated heterocycles. The number of aryl methyl sites for hydroxylation is 1. The number of rotatable bonds is 5. The molecular formula is C34H27F3N2O4S2. The first kappa shape index (κ1) is 28.6. The molecule has 3 fully saturated rings. The first-order chi connectivity index (χ1) is 21.6. The first-order valence-corrected chi connectivity index (χ1v) is 16.5. The molecule has 3 heterocycles. The van der Waals surface area contributed by atoms with E-state index in [-0.39, 0.29) is 33.8 Å². The average molecular weight is 649 g/mol. The van der Waals surface area contributed by atoms with Crippen molar-refractivity contribution in [3.05, 3.63) is 110 Å². The number of hydrogen-bond donors (Lipinski definition) is 1. The Balaban J connectivity index is 1.12. The Kier molecular flexibility index (Phi) is 6.58. The number of anilines is 1. The third-order valence-corrected chi connectivity index (χ3v) is 12.5. The minimum atomic E-state index is -4.71. The number of fused-ring (bicyclic) bond motifs is 9. The number of carbonyl (C=O) groups excluding carboxylic acids is 2. The maximum absolute atomic E-state index is 13.9. The van der Waals surface area contributed by atoms with Crippen LogP contribution in [0.3, 0.4) is 0 Å². The molecule has 2 bridgehead atoms. The zero-order valence-electron chi connectivity index (χ0n) is 23.9. The predicted molar refractivity (Wildman–Crippen MR) is 164 cm³/mol. The number of alkyl halides is 3. The van der Waals surface area contributed by atoms with Gasteiger partial charge in [-0.1, -0.05) is 65.4 Å². The van der Waals surface area contributed by atoms with Gasteiger partial charge in [0.05, 0.1) is 28.1 Å². The van der Waals surface area contributed by atoms with Gasteiger partial charge in [-0.25, -0.2) is 4.90 Å². The lowest BCUT2D eigenvalue weighted by atomic mass is 9.68. The number of hydrogen-bond acceptors (Lipinski definition) is 6. The SMILES string of the molecule is Cc1cccc(COc2ccc([C@@H]3c4sc(=O)[nH]c4S[C@@H]4[C@@H]5C[C@@H]([C@@H]6C(=O)N(c7ccccc7C(F)(F)F)C(=O)[C@@H]56)[C@@H]34)cc2)c1. The Labute approximate surface area is 264 Å². The monoisotopic (exact) mass is 648 g/mol. The van der Waals surface area contributed by atoms with Gasteiger partial charge in [0.15, 0.2) is 0 Å². The van der Waals surface area contributed by atoms with Gasteiger partial charge in [0, 0.05) is 16.0 Å². The molecule has 11 heteroatoms. The molecule has 8 rings (SSSR count). The number of nitrogens with one attached hydrogen (secondary N) is 1. The molecule has 4 aliphatic rings. The number of nitrogens with zero attached hydrogens (tertiary/aromatic N) is 1. The number of aromatic nitrogens is 1. The van der Waals surface area contributed by atoms with Crippen molar-refractivity contribution < 1.29 is 27.5 Å². The van der Waals surface area contributed by atoms with Crippen molar-refractivity contribution in [3.8, 4) is 5.75 Å². The van der Waals surface area contributed by atoms with Gasteiger partial charge in [-0.15, -0.1) is 11.8 Å². The van der Waals surface area contributed by atoms with Gasteiger partial charge in [0.2, 0.25) is 11.8 Å². The first-order valence-electron chi connectivity index (χ1n) is 14.8. The maximum Gasteiger partial charge on any atom is 0.418 e. The van der Waals surface area contributed by atoms with Crippen molar-refractivity contribution in [1.29, 1.82) is 0 Å². The van der Waals surface area contributed by atoms with Gasteiger partial charge < -0.3 is 9.72 Å². The summed E-state index contributed by atoms with van der Waals surface area (Å²) in [5, 5.41) is 0.710. The van der Waals surface area contributed by atoms with Crippen LogP contribution in [0.2, 0.25) is 0 Å². The molecule has 2 aliphatic heterocycles. The summed E-state index contributed by atoms with van der Waals surface area (Å²) in [5.74, 6) is -2.42. The number of halogens is 3.